The van der Waals surface area contributed by atoms with Crippen LogP contribution in [0.4, 0.5) is 18.9 Å². The van der Waals surface area contributed by atoms with E-state index in [4.69, 9.17) is 0 Å². The molecule has 1 aromatic rings. The molecule has 0 heterocycles. The van der Waals surface area contributed by atoms with Gasteiger partial charge in [-0.2, -0.15) is 0 Å². The average Bonchev–Trinajstić information content (AvgIpc) is 3.02. The van der Waals surface area contributed by atoms with Gasteiger partial charge in [0.2, 0.25) is 5.91 Å². The Morgan fingerprint density at radius 3 is 2.29 bits per heavy atom. The molecule has 1 aromatic carbocycles. The van der Waals surface area contributed by atoms with Crippen LogP contribution in [0.15, 0.2) is 24.3 Å². The second-order valence-corrected chi connectivity index (χ2v) is 3.84. The van der Waals surface area contributed by atoms with E-state index >= 15 is 0 Å². The Kier molecular flexibility index (Phi) is 2.95. The average molecular weight is 245 g/mol. The third-order valence-corrected chi connectivity index (χ3v) is 2.30. The summed E-state index contributed by atoms with van der Waals surface area (Å²) in [7, 11) is 0. The van der Waals surface area contributed by atoms with Crippen molar-refractivity contribution >= 4 is 11.6 Å². The topological polar surface area (TPSA) is 38.3 Å². The van der Waals surface area contributed by atoms with Gasteiger partial charge in [-0.05, 0) is 37.1 Å². The monoisotopic (exact) mass is 245 g/mol. The standard InChI is InChI=1S/C11H10F3NO2/c12-11(13,14)17-9-5-3-8(4-6-9)15-10(16)7-1-2-7/h3-7H,1-2H2,(H,15,16). The highest BCUT2D eigenvalue weighted by Crippen LogP contribution is 2.30. The van der Waals surface area contributed by atoms with Crippen molar-refractivity contribution in [3.05, 3.63) is 24.3 Å². The lowest BCUT2D eigenvalue weighted by atomic mass is 10.3. The summed E-state index contributed by atoms with van der Waals surface area (Å²) in [5, 5.41) is 2.62. The Balaban J connectivity index is 1.95. The van der Waals surface area contributed by atoms with Gasteiger partial charge in [0.05, 0.1) is 0 Å². The lowest BCUT2D eigenvalue weighted by molar-refractivity contribution is -0.274. The molecule has 0 saturated heterocycles. The molecule has 2 rings (SSSR count). The minimum atomic E-state index is -4.70. The maximum Gasteiger partial charge on any atom is 0.573 e. The number of nitrogens with one attached hydrogen (secondary N) is 1. The molecule has 17 heavy (non-hydrogen) atoms. The molecule has 0 unspecified atom stereocenters. The Labute approximate surface area is 95.6 Å². The molecule has 1 amide bonds. The quantitative estimate of drug-likeness (QED) is 0.889. The van der Waals surface area contributed by atoms with Crippen LogP contribution in [0.5, 0.6) is 5.75 Å². The van der Waals surface area contributed by atoms with Gasteiger partial charge in [-0.25, -0.2) is 0 Å². The summed E-state index contributed by atoms with van der Waals surface area (Å²) in [5.74, 6) is -0.336. The largest absolute Gasteiger partial charge is 0.573 e. The molecule has 0 bridgehead atoms. The SMILES string of the molecule is O=C(Nc1ccc(OC(F)(F)F)cc1)C1CC1. The number of anilines is 1. The molecule has 1 aliphatic carbocycles. The van der Waals surface area contributed by atoms with Gasteiger partial charge in [0, 0.05) is 11.6 Å². The molecule has 3 nitrogen and oxygen atoms in total. The summed E-state index contributed by atoms with van der Waals surface area (Å²) in [6.45, 7) is 0. The summed E-state index contributed by atoms with van der Waals surface area (Å²) >= 11 is 0. The molecule has 6 heteroatoms. The second kappa shape index (κ2) is 4.27. The van der Waals surface area contributed by atoms with Gasteiger partial charge in [-0.3, -0.25) is 4.79 Å². The first-order valence-electron chi connectivity index (χ1n) is 5.11. The summed E-state index contributed by atoms with van der Waals surface area (Å²) in [6.07, 6.45) is -2.94. The summed E-state index contributed by atoms with van der Waals surface area (Å²) in [5.41, 5.74) is 0.469. The number of carbonyl (C=O) groups excluding carboxylic acids is 1. The first-order valence-corrected chi connectivity index (χ1v) is 5.11. The predicted octanol–water partition coefficient (Wildman–Crippen LogP) is 2.93. The Morgan fingerprint density at radius 2 is 1.82 bits per heavy atom. The summed E-state index contributed by atoms with van der Waals surface area (Å²) in [6, 6.07) is 5.08. The minimum Gasteiger partial charge on any atom is -0.406 e. The molecule has 1 aliphatic rings. The minimum absolute atomic E-state index is 0.0566. The van der Waals surface area contributed by atoms with Gasteiger partial charge in [0.1, 0.15) is 5.75 Å². The number of alkyl halides is 3. The van der Waals surface area contributed by atoms with Crippen LogP contribution in [0.25, 0.3) is 0 Å². The van der Waals surface area contributed by atoms with Gasteiger partial charge in [0.25, 0.3) is 0 Å². The smallest absolute Gasteiger partial charge is 0.406 e. The van der Waals surface area contributed by atoms with E-state index in [2.05, 4.69) is 10.1 Å². The van der Waals surface area contributed by atoms with Gasteiger partial charge in [-0.15, -0.1) is 13.2 Å². The first kappa shape index (κ1) is 11.8. The lowest BCUT2D eigenvalue weighted by Crippen LogP contribution is -2.17. The molecule has 0 aliphatic heterocycles. The molecule has 92 valence electrons. The zero-order valence-electron chi connectivity index (χ0n) is 8.75. The maximum atomic E-state index is 11.9. The molecular weight excluding hydrogens is 235 g/mol. The molecule has 0 atom stereocenters. The van der Waals surface area contributed by atoms with E-state index in [9.17, 15) is 18.0 Å². The van der Waals surface area contributed by atoms with Gasteiger partial charge >= 0.3 is 6.36 Å². The highest BCUT2D eigenvalue weighted by atomic mass is 19.4. The predicted molar refractivity (Wildman–Crippen MR) is 54.5 cm³/mol. The van der Waals surface area contributed by atoms with Crippen LogP contribution < -0.4 is 10.1 Å². The van der Waals surface area contributed by atoms with Crippen LogP contribution in [0, 0.1) is 5.92 Å². The highest BCUT2D eigenvalue weighted by Gasteiger charge is 2.31. The third-order valence-electron chi connectivity index (χ3n) is 2.30. The first-order chi connectivity index (χ1) is 7.94. The van der Waals surface area contributed by atoms with Crippen LogP contribution in [0.1, 0.15) is 12.8 Å². The second-order valence-electron chi connectivity index (χ2n) is 3.84. The number of benzene rings is 1. The summed E-state index contributed by atoms with van der Waals surface area (Å²) < 4.78 is 39.3. The van der Waals surface area contributed by atoms with Crippen LogP contribution in [0.3, 0.4) is 0 Å². The van der Waals surface area contributed by atoms with Crippen LogP contribution in [-0.2, 0) is 4.79 Å². The number of hydrogen-bond donors (Lipinski definition) is 1. The zero-order chi connectivity index (χ0) is 12.5. The van der Waals surface area contributed by atoms with E-state index in [1.54, 1.807) is 0 Å². The zero-order valence-corrected chi connectivity index (χ0v) is 8.75. The van der Waals surface area contributed by atoms with Crippen LogP contribution >= 0.6 is 0 Å². The van der Waals surface area contributed by atoms with E-state index < -0.39 is 6.36 Å². The van der Waals surface area contributed by atoms with Crippen molar-refractivity contribution < 1.29 is 22.7 Å². The fourth-order valence-corrected chi connectivity index (χ4v) is 1.33. The van der Waals surface area contributed by atoms with Crippen molar-refractivity contribution in [2.75, 3.05) is 5.32 Å². The molecule has 1 N–H and O–H groups in total. The van der Waals surface area contributed by atoms with E-state index in [1.807, 2.05) is 0 Å². The van der Waals surface area contributed by atoms with E-state index in [0.717, 1.165) is 25.0 Å². The number of rotatable bonds is 3. The highest BCUT2D eigenvalue weighted by molar-refractivity contribution is 5.94. The number of carbonyl (C=O) groups is 1. The Bertz CT molecular complexity index is 410. The summed E-state index contributed by atoms with van der Waals surface area (Å²) in [4.78, 5) is 11.4. The fourth-order valence-electron chi connectivity index (χ4n) is 1.33. The molecule has 0 radical (unpaired) electrons. The van der Waals surface area contributed by atoms with Crippen molar-refractivity contribution in [1.82, 2.24) is 0 Å². The molecular formula is C11H10F3NO2. The van der Waals surface area contributed by atoms with Crippen LogP contribution in [-0.4, -0.2) is 12.3 Å². The number of halogens is 3. The Morgan fingerprint density at radius 1 is 1.24 bits per heavy atom. The molecule has 0 spiro atoms. The van der Waals surface area contributed by atoms with Gasteiger partial charge < -0.3 is 10.1 Å². The number of amides is 1. The third kappa shape index (κ3) is 3.65. The van der Waals surface area contributed by atoms with E-state index in [-0.39, 0.29) is 17.6 Å². The van der Waals surface area contributed by atoms with Crippen molar-refractivity contribution in [3.63, 3.8) is 0 Å². The van der Waals surface area contributed by atoms with Crippen molar-refractivity contribution in [1.29, 1.82) is 0 Å². The van der Waals surface area contributed by atoms with Crippen molar-refractivity contribution in [3.8, 4) is 5.75 Å². The number of ether oxygens (including phenoxy) is 1. The van der Waals surface area contributed by atoms with Crippen LogP contribution in [0.2, 0.25) is 0 Å². The number of hydrogen-bond acceptors (Lipinski definition) is 2. The molecule has 1 saturated carbocycles. The van der Waals surface area contributed by atoms with Gasteiger partial charge in [-0.1, -0.05) is 0 Å². The van der Waals surface area contributed by atoms with E-state index in [0.29, 0.717) is 5.69 Å². The van der Waals surface area contributed by atoms with Crippen molar-refractivity contribution in [2.45, 2.75) is 19.2 Å². The van der Waals surface area contributed by atoms with E-state index in [1.165, 1.54) is 12.1 Å². The maximum absolute atomic E-state index is 11.9. The molecule has 0 aromatic heterocycles. The van der Waals surface area contributed by atoms with Crippen molar-refractivity contribution in [2.24, 2.45) is 5.92 Å². The van der Waals surface area contributed by atoms with Gasteiger partial charge in [0.15, 0.2) is 0 Å². The normalized spacial score (nSPS) is 15.5. The lowest BCUT2D eigenvalue weighted by Gasteiger charge is -2.09. The molecule has 1 fully saturated rings. The fraction of sp³-hybridized carbons (Fsp3) is 0.364. The Hall–Kier alpha value is -1.72.